The fraction of sp³-hybridized carbons (Fsp3) is 0.462. The fourth-order valence-corrected chi connectivity index (χ4v) is 1.58. The van der Waals surface area contributed by atoms with Crippen LogP contribution in [0.1, 0.15) is 6.42 Å². The molecule has 0 aromatic heterocycles. The van der Waals surface area contributed by atoms with E-state index in [9.17, 15) is 4.79 Å². The molecule has 0 radical (unpaired) electrons. The molecule has 0 unspecified atom stereocenters. The summed E-state index contributed by atoms with van der Waals surface area (Å²) in [6, 6.07) is 3.35. The summed E-state index contributed by atoms with van der Waals surface area (Å²) in [6.07, 6.45) is 0.383. The zero-order valence-corrected chi connectivity index (χ0v) is 11.7. The maximum atomic E-state index is 11.7. The molecule has 1 aromatic rings. The van der Waals surface area contributed by atoms with Crippen molar-refractivity contribution in [3.05, 3.63) is 12.1 Å². The first-order valence-electron chi connectivity index (χ1n) is 5.90. The van der Waals surface area contributed by atoms with E-state index in [1.165, 1.54) is 14.2 Å². The summed E-state index contributed by atoms with van der Waals surface area (Å²) in [5.74, 6) is 1.51. The van der Waals surface area contributed by atoms with Crippen molar-refractivity contribution in [1.29, 1.82) is 0 Å². The van der Waals surface area contributed by atoms with Crippen molar-refractivity contribution in [2.45, 2.75) is 6.42 Å². The van der Waals surface area contributed by atoms with Gasteiger partial charge in [0.2, 0.25) is 5.91 Å². The molecule has 0 heterocycles. The van der Waals surface area contributed by atoms with E-state index < -0.39 is 0 Å². The quantitative estimate of drug-likeness (QED) is 0.779. The standard InChI is InChI=1S/C13H20N2O4/c1-14-6-5-13(16)15-9-7-11(18-3)12(19-4)8-10(9)17-2/h7-8,14H,5-6H2,1-4H3,(H,15,16). The molecular weight excluding hydrogens is 248 g/mol. The number of carbonyl (C=O) groups is 1. The van der Waals surface area contributed by atoms with E-state index in [4.69, 9.17) is 14.2 Å². The molecule has 0 atom stereocenters. The van der Waals surface area contributed by atoms with Crippen molar-refractivity contribution < 1.29 is 19.0 Å². The Bertz CT molecular complexity index is 435. The van der Waals surface area contributed by atoms with Crippen LogP contribution in [0, 0.1) is 0 Å². The van der Waals surface area contributed by atoms with E-state index >= 15 is 0 Å². The van der Waals surface area contributed by atoms with Gasteiger partial charge in [0, 0.05) is 25.1 Å². The highest BCUT2D eigenvalue weighted by Gasteiger charge is 2.13. The van der Waals surface area contributed by atoms with Crippen LogP contribution < -0.4 is 24.8 Å². The van der Waals surface area contributed by atoms with Crippen molar-refractivity contribution in [2.75, 3.05) is 40.2 Å². The Morgan fingerprint density at radius 3 is 2.16 bits per heavy atom. The second-order valence-corrected chi connectivity index (χ2v) is 3.81. The maximum Gasteiger partial charge on any atom is 0.225 e. The molecule has 0 spiro atoms. The molecule has 1 aromatic carbocycles. The molecule has 0 bridgehead atoms. The van der Waals surface area contributed by atoms with Crippen LogP contribution in [0.5, 0.6) is 17.2 Å². The zero-order valence-electron chi connectivity index (χ0n) is 11.7. The van der Waals surface area contributed by atoms with Gasteiger partial charge in [-0.15, -0.1) is 0 Å². The molecule has 6 heteroatoms. The Kier molecular flexibility index (Phi) is 5.95. The molecule has 106 valence electrons. The summed E-state index contributed by atoms with van der Waals surface area (Å²) in [6.45, 7) is 0.613. The number of anilines is 1. The minimum atomic E-state index is -0.0973. The van der Waals surface area contributed by atoms with Crippen LogP contribution in [0.15, 0.2) is 12.1 Å². The Morgan fingerprint density at radius 1 is 1.05 bits per heavy atom. The summed E-state index contributed by atoms with van der Waals surface area (Å²) < 4.78 is 15.6. The number of rotatable bonds is 7. The average molecular weight is 268 g/mol. The fourth-order valence-electron chi connectivity index (χ4n) is 1.58. The molecule has 1 rings (SSSR count). The van der Waals surface area contributed by atoms with Gasteiger partial charge in [-0.25, -0.2) is 0 Å². The number of nitrogens with one attached hydrogen (secondary N) is 2. The number of amides is 1. The normalized spacial score (nSPS) is 9.89. The highest BCUT2D eigenvalue weighted by atomic mass is 16.5. The first-order chi connectivity index (χ1) is 9.15. The van der Waals surface area contributed by atoms with Crippen LogP contribution >= 0.6 is 0 Å². The molecule has 0 fully saturated rings. The molecule has 0 aliphatic carbocycles. The van der Waals surface area contributed by atoms with Gasteiger partial charge in [-0.1, -0.05) is 0 Å². The smallest absolute Gasteiger partial charge is 0.225 e. The van der Waals surface area contributed by atoms with Crippen molar-refractivity contribution >= 4 is 11.6 Å². The summed E-state index contributed by atoms with van der Waals surface area (Å²) >= 11 is 0. The van der Waals surface area contributed by atoms with E-state index in [1.807, 2.05) is 0 Å². The third kappa shape index (κ3) is 4.03. The molecule has 0 saturated carbocycles. The van der Waals surface area contributed by atoms with Crippen LogP contribution in [-0.2, 0) is 4.79 Å². The first-order valence-corrected chi connectivity index (χ1v) is 5.90. The van der Waals surface area contributed by atoms with Crippen molar-refractivity contribution in [3.63, 3.8) is 0 Å². The van der Waals surface area contributed by atoms with Gasteiger partial charge >= 0.3 is 0 Å². The SMILES string of the molecule is CNCCC(=O)Nc1cc(OC)c(OC)cc1OC. The number of benzene rings is 1. The van der Waals surface area contributed by atoms with Crippen LogP contribution in [0.25, 0.3) is 0 Å². The summed E-state index contributed by atoms with van der Waals surface area (Å²) in [5, 5.41) is 5.70. The van der Waals surface area contributed by atoms with Gasteiger partial charge in [0.15, 0.2) is 11.5 Å². The summed E-state index contributed by atoms with van der Waals surface area (Å²) in [4.78, 5) is 11.7. The van der Waals surface area contributed by atoms with Gasteiger partial charge in [0.25, 0.3) is 0 Å². The molecule has 0 aliphatic rings. The lowest BCUT2D eigenvalue weighted by molar-refractivity contribution is -0.116. The lowest BCUT2D eigenvalue weighted by atomic mass is 10.2. The Labute approximate surface area is 113 Å². The third-order valence-corrected chi connectivity index (χ3v) is 2.58. The Balaban J connectivity index is 2.95. The van der Waals surface area contributed by atoms with Gasteiger partial charge in [0.05, 0.1) is 27.0 Å². The lowest BCUT2D eigenvalue weighted by Crippen LogP contribution is -2.19. The zero-order chi connectivity index (χ0) is 14.3. The third-order valence-electron chi connectivity index (χ3n) is 2.58. The number of hydrogen-bond donors (Lipinski definition) is 2. The number of ether oxygens (including phenoxy) is 3. The van der Waals surface area contributed by atoms with Gasteiger partial charge in [-0.3, -0.25) is 4.79 Å². The molecule has 1 amide bonds. The van der Waals surface area contributed by atoms with Gasteiger partial charge < -0.3 is 24.8 Å². The van der Waals surface area contributed by atoms with Crippen LogP contribution in [0.4, 0.5) is 5.69 Å². The van der Waals surface area contributed by atoms with E-state index in [0.29, 0.717) is 35.9 Å². The predicted molar refractivity (Wildman–Crippen MR) is 73.3 cm³/mol. The number of carbonyl (C=O) groups excluding carboxylic acids is 1. The highest BCUT2D eigenvalue weighted by Crippen LogP contribution is 2.37. The van der Waals surface area contributed by atoms with Crippen molar-refractivity contribution in [2.24, 2.45) is 0 Å². The van der Waals surface area contributed by atoms with E-state index in [-0.39, 0.29) is 5.91 Å². The van der Waals surface area contributed by atoms with Crippen molar-refractivity contribution in [3.8, 4) is 17.2 Å². The first kappa shape index (κ1) is 15.1. The van der Waals surface area contributed by atoms with Gasteiger partial charge in [0.1, 0.15) is 5.75 Å². The Hall–Kier alpha value is -1.95. The van der Waals surface area contributed by atoms with Crippen LogP contribution in [0.3, 0.4) is 0 Å². The Morgan fingerprint density at radius 2 is 1.63 bits per heavy atom. The number of methoxy groups -OCH3 is 3. The molecule has 6 nitrogen and oxygen atoms in total. The van der Waals surface area contributed by atoms with E-state index in [0.717, 1.165) is 0 Å². The summed E-state index contributed by atoms with van der Waals surface area (Å²) in [5.41, 5.74) is 0.557. The second-order valence-electron chi connectivity index (χ2n) is 3.81. The van der Waals surface area contributed by atoms with E-state index in [2.05, 4.69) is 10.6 Å². The topological polar surface area (TPSA) is 68.8 Å². The lowest BCUT2D eigenvalue weighted by Gasteiger charge is -2.14. The highest BCUT2D eigenvalue weighted by molar-refractivity contribution is 5.93. The maximum absolute atomic E-state index is 11.7. The second kappa shape index (κ2) is 7.48. The predicted octanol–water partition coefficient (Wildman–Crippen LogP) is 1.26. The molecular formula is C13H20N2O4. The van der Waals surface area contributed by atoms with Crippen LogP contribution in [-0.4, -0.2) is 40.8 Å². The number of hydrogen-bond acceptors (Lipinski definition) is 5. The monoisotopic (exact) mass is 268 g/mol. The average Bonchev–Trinajstić information content (AvgIpc) is 2.44. The van der Waals surface area contributed by atoms with E-state index in [1.54, 1.807) is 26.3 Å². The van der Waals surface area contributed by atoms with Crippen LogP contribution in [0.2, 0.25) is 0 Å². The van der Waals surface area contributed by atoms with Gasteiger partial charge in [-0.2, -0.15) is 0 Å². The van der Waals surface area contributed by atoms with Gasteiger partial charge in [-0.05, 0) is 7.05 Å². The van der Waals surface area contributed by atoms with Crippen molar-refractivity contribution in [1.82, 2.24) is 5.32 Å². The summed E-state index contributed by atoms with van der Waals surface area (Å²) in [7, 11) is 6.41. The molecule has 0 aliphatic heterocycles. The molecule has 19 heavy (non-hydrogen) atoms. The molecule has 0 saturated heterocycles. The minimum absolute atomic E-state index is 0.0973. The molecule has 2 N–H and O–H groups in total. The largest absolute Gasteiger partial charge is 0.494 e. The minimum Gasteiger partial charge on any atom is -0.494 e.